The van der Waals surface area contributed by atoms with Crippen molar-refractivity contribution in [3.8, 4) is 5.75 Å². The Labute approximate surface area is 141 Å². The minimum atomic E-state index is 0.0181. The molecule has 4 heteroatoms. The fraction of sp³-hybridized carbons (Fsp3) is 0.250. The largest absolute Gasteiger partial charge is 0.494 e. The number of hydrogen-bond donors (Lipinski definition) is 2. The summed E-state index contributed by atoms with van der Waals surface area (Å²) in [5.74, 6) is 0.848. The van der Waals surface area contributed by atoms with Gasteiger partial charge in [-0.15, -0.1) is 0 Å². The lowest BCUT2D eigenvalue weighted by Gasteiger charge is -2.07. The van der Waals surface area contributed by atoms with E-state index >= 15 is 0 Å². The smallest absolute Gasteiger partial charge is 0.224 e. The zero-order chi connectivity index (χ0) is 16.9. The van der Waals surface area contributed by atoms with Gasteiger partial charge in [-0.25, -0.2) is 0 Å². The summed E-state index contributed by atoms with van der Waals surface area (Å²) in [6.07, 6.45) is 0.373. The van der Waals surface area contributed by atoms with Crippen LogP contribution in [0.4, 0.5) is 0 Å². The van der Waals surface area contributed by atoms with Gasteiger partial charge in [-0.2, -0.15) is 0 Å². The zero-order valence-corrected chi connectivity index (χ0v) is 14.1. The average Bonchev–Trinajstić information content (AvgIpc) is 2.94. The van der Waals surface area contributed by atoms with E-state index in [9.17, 15) is 4.79 Å². The van der Waals surface area contributed by atoms with Gasteiger partial charge >= 0.3 is 0 Å². The molecule has 0 aliphatic rings. The molecule has 0 unspecified atom stereocenters. The molecule has 0 fully saturated rings. The molecule has 0 saturated carbocycles. The topological polar surface area (TPSA) is 54.1 Å². The number of benzene rings is 2. The molecule has 0 aliphatic heterocycles. The molecule has 1 aromatic heterocycles. The monoisotopic (exact) mass is 322 g/mol. The van der Waals surface area contributed by atoms with Crippen molar-refractivity contribution in [1.82, 2.24) is 10.3 Å². The molecule has 3 aromatic rings. The van der Waals surface area contributed by atoms with Gasteiger partial charge in [0.2, 0.25) is 5.91 Å². The van der Waals surface area contributed by atoms with Crippen LogP contribution in [0.5, 0.6) is 5.75 Å². The maximum Gasteiger partial charge on any atom is 0.224 e. The summed E-state index contributed by atoms with van der Waals surface area (Å²) >= 11 is 0. The van der Waals surface area contributed by atoms with Gasteiger partial charge in [0.25, 0.3) is 0 Å². The zero-order valence-electron chi connectivity index (χ0n) is 14.1. The predicted octanol–water partition coefficient (Wildman–Crippen LogP) is 3.73. The van der Waals surface area contributed by atoms with Crippen molar-refractivity contribution in [1.29, 1.82) is 0 Å². The van der Waals surface area contributed by atoms with Crippen LogP contribution < -0.4 is 10.1 Å². The minimum Gasteiger partial charge on any atom is -0.494 e. The second-order valence-corrected chi connectivity index (χ2v) is 5.90. The Morgan fingerprint density at radius 2 is 1.83 bits per heavy atom. The van der Waals surface area contributed by atoms with Gasteiger partial charge in [-0.05, 0) is 60.7 Å². The van der Waals surface area contributed by atoms with E-state index in [1.54, 1.807) is 0 Å². The Balaban J connectivity index is 1.55. The van der Waals surface area contributed by atoms with E-state index in [-0.39, 0.29) is 5.91 Å². The van der Waals surface area contributed by atoms with Crippen LogP contribution in [0.1, 0.15) is 23.7 Å². The maximum atomic E-state index is 12.1. The molecule has 0 atom stereocenters. The summed E-state index contributed by atoms with van der Waals surface area (Å²) in [5.41, 5.74) is 4.34. The number of aromatic amines is 1. The van der Waals surface area contributed by atoms with Crippen molar-refractivity contribution in [3.05, 3.63) is 65.4 Å². The van der Waals surface area contributed by atoms with Crippen LogP contribution >= 0.6 is 0 Å². The highest BCUT2D eigenvalue weighted by atomic mass is 16.5. The Morgan fingerprint density at radius 1 is 1.08 bits per heavy atom. The van der Waals surface area contributed by atoms with Crippen molar-refractivity contribution in [2.24, 2.45) is 0 Å². The Hall–Kier alpha value is -2.75. The molecule has 1 amide bonds. The highest BCUT2D eigenvalue weighted by Crippen LogP contribution is 2.17. The van der Waals surface area contributed by atoms with Crippen molar-refractivity contribution in [2.45, 2.75) is 26.8 Å². The number of H-pyrrole nitrogens is 1. The van der Waals surface area contributed by atoms with E-state index < -0.39 is 0 Å². The lowest BCUT2D eigenvalue weighted by Crippen LogP contribution is -2.24. The first-order valence-electron chi connectivity index (χ1n) is 8.20. The Morgan fingerprint density at radius 3 is 2.58 bits per heavy atom. The number of aryl methyl sites for hydroxylation is 1. The van der Waals surface area contributed by atoms with Crippen LogP contribution in [0.3, 0.4) is 0 Å². The molecular weight excluding hydrogens is 300 g/mol. The number of nitrogens with one attached hydrogen (secondary N) is 2. The highest BCUT2D eigenvalue weighted by Gasteiger charge is 2.05. The van der Waals surface area contributed by atoms with E-state index in [1.165, 1.54) is 5.39 Å². The molecule has 0 aliphatic carbocycles. The third kappa shape index (κ3) is 3.96. The normalized spacial score (nSPS) is 10.8. The molecule has 0 saturated heterocycles. The summed E-state index contributed by atoms with van der Waals surface area (Å²) < 4.78 is 5.40. The SMILES string of the molecule is CCOc1ccc(CC(=O)NCc2ccc3[nH]c(C)cc3c2)cc1. The summed E-state index contributed by atoms with van der Waals surface area (Å²) in [6.45, 7) is 5.17. The first-order chi connectivity index (χ1) is 11.6. The maximum absolute atomic E-state index is 12.1. The van der Waals surface area contributed by atoms with E-state index in [0.717, 1.165) is 28.1 Å². The van der Waals surface area contributed by atoms with Gasteiger partial charge in [0.15, 0.2) is 0 Å². The van der Waals surface area contributed by atoms with Crippen LogP contribution in [0.2, 0.25) is 0 Å². The fourth-order valence-corrected chi connectivity index (χ4v) is 2.76. The Bertz CT molecular complexity index is 834. The van der Waals surface area contributed by atoms with Crippen LogP contribution in [-0.2, 0) is 17.8 Å². The van der Waals surface area contributed by atoms with Crippen molar-refractivity contribution in [3.63, 3.8) is 0 Å². The van der Waals surface area contributed by atoms with Crippen molar-refractivity contribution >= 4 is 16.8 Å². The van der Waals surface area contributed by atoms with Crippen molar-refractivity contribution in [2.75, 3.05) is 6.61 Å². The number of hydrogen-bond acceptors (Lipinski definition) is 2. The second kappa shape index (κ2) is 7.21. The molecule has 24 heavy (non-hydrogen) atoms. The predicted molar refractivity (Wildman–Crippen MR) is 96.2 cm³/mol. The Kier molecular flexibility index (Phi) is 4.85. The quantitative estimate of drug-likeness (QED) is 0.726. The van der Waals surface area contributed by atoms with Crippen molar-refractivity contribution < 1.29 is 9.53 Å². The standard InChI is InChI=1S/C20H22N2O2/c1-3-24-18-7-4-15(5-8-18)12-20(23)21-13-16-6-9-19-17(11-16)10-14(2)22-19/h4-11,22H,3,12-13H2,1-2H3,(H,21,23). The molecule has 0 spiro atoms. The number of ether oxygens (including phenoxy) is 1. The summed E-state index contributed by atoms with van der Waals surface area (Å²) in [7, 11) is 0. The number of carbonyl (C=O) groups excluding carboxylic acids is 1. The third-order valence-corrected chi connectivity index (χ3v) is 3.91. The van der Waals surface area contributed by atoms with E-state index in [1.807, 2.05) is 44.2 Å². The van der Waals surface area contributed by atoms with E-state index in [0.29, 0.717) is 19.6 Å². The molecular formula is C20H22N2O2. The summed E-state index contributed by atoms with van der Waals surface area (Å²) in [6, 6.07) is 16.0. The fourth-order valence-electron chi connectivity index (χ4n) is 2.76. The third-order valence-electron chi connectivity index (χ3n) is 3.91. The lowest BCUT2D eigenvalue weighted by atomic mass is 10.1. The molecule has 124 valence electrons. The number of aromatic nitrogens is 1. The van der Waals surface area contributed by atoms with Gasteiger partial charge in [-0.3, -0.25) is 4.79 Å². The van der Waals surface area contributed by atoms with Gasteiger partial charge in [0, 0.05) is 17.8 Å². The van der Waals surface area contributed by atoms with Crippen LogP contribution in [0, 0.1) is 6.92 Å². The average molecular weight is 322 g/mol. The first kappa shape index (κ1) is 16.1. The van der Waals surface area contributed by atoms with Gasteiger partial charge in [0.05, 0.1) is 13.0 Å². The minimum absolute atomic E-state index is 0.0181. The van der Waals surface area contributed by atoms with Crippen LogP contribution in [-0.4, -0.2) is 17.5 Å². The number of carbonyl (C=O) groups is 1. The lowest BCUT2D eigenvalue weighted by molar-refractivity contribution is -0.120. The van der Waals surface area contributed by atoms with E-state index in [2.05, 4.69) is 28.5 Å². The molecule has 4 nitrogen and oxygen atoms in total. The second-order valence-electron chi connectivity index (χ2n) is 5.90. The van der Waals surface area contributed by atoms with Gasteiger partial charge < -0.3 is 15.0 Å². The summed E-state index contributed by atoms with van der Waals surface area (Å²) in [4.78, 5) is 15.4. The van der Waals surface area contributed by atoms with Crippen LogP contribution in [0.25, 0.3) is 10.9 Å². The molecule has 1 heterocycles. The highest BCUT2D eigenvalue weighted by molar-refractivity contribution is 5.81. The first-order valence-corrected chi connectivity index (χ1v) is 8.20. The molecule has 3 rings (SSSR count). The van der Waals surface area contributed by atoms with Crippen LogP contribution in [0.15, 0.2) is 48.5 Å². The summed E-state index contributed by atoms with van der Waals surface area (Å²) in [5, 5.41) is 4.15. The number of rotatable bonds is 6. The number of fused-ring (bicyclic) bond motifs is 1. The molecule has 0 bridgehead atoms. The molecule has 2 aromatic carbocycles. The van der Waals surface area contributed by atoms with Gasteiger partial charge in [-0.1, -0.05) is 18.2 Å². The van der Waals surface area contributed by atoms with Gasteiger partial charge in [0.1, 0.15) is 5.75 Å². The molecule has 2 N–H and O–H groups in total. The molecule has 0 radical (unpaired) electrons. The van der Waals surface area contributed by atoms with E-state index in [4.69, 9.17) is 4.74 Å². The number of amides is 1.